The van der Waals surface area contributed by atoms with Crippen molar-refractivity contribution in [2.75, 3.05) is 17.1 Å². The number of halogens is 1. The van der Waals surface area contributed by atoms with Crippen molar-refractivity contribution in [2.45, 2.75) is 20.0 Å². The fourth-order valence-corrected chi connectivity index (χ4v) is 2.30. The zero-order valence-corrected chi connectivity index (χ0v) is 12.1. The second-order valence-electron chi connectivity index (χ2n) is 4.45. The Hall–Kier alpha value is -1.67. The van der Waals surface area contributed by atoms with Crippen LogP contribution in [0.4, 0.5) is 10.1 Å². The molecule has 0 radical (unpaired) electrons. The van der Waals surface area contributed by atoms with Gasteiger partial charge in [0.2, 0.25) is 10.0 Å². The van der Waals surface area contributed by atoms with Crippen LogP contribution in [-0.2, 0) is 14.8 Å². The van der Waals surface area contributed by atoms with Crippen LogP contribution in [0.25, 0.3) is 0 Å². The number of nitrogens with two attached hydrogens (primary N) is 1. The maximum Gasteiger partial charge on any atom is 0.235 e. The monoisotopic (exact) mass is 303 g/mol. The highest BCUT2D eigenvalue weighted by Gasteiger charge is 2.14. The number of rotatable bonds is 7. The third kappa shape index (κ3) is 5.14. The van der Waals surface area contributed by atoms with Crippen LogP contribution in [0.15, 0.2) is 18.2 Å². The molecule has 0 aliphatic carbocycles. The Morgan fingerprint density at radius 2 is 2.15 bits per heavy atom. The van der Waals surface area contributed by atoms with Crippen molar-refractivity contribution < 1.29 is 17.5 Å². The van der Waals surface area contributed by atoms with Gasteiger partial charge in [0, 0.05) is 5.56 Å². The van der Waals surface area contributed by atoms with Gasteiger partial charge < -0.3 is 10.5 Å². The molecule has 0 amide bonds. The van der Waals surface area contributed by atoms with E-state index in [1.807, 2.05) is 0 Å². The molecule has 8 heteroatoms. The van der Waals surface area contributed by atoms with Crippen molar-refractivity contribution in [2.24, 2.45) is 5.73 Å². The first-order valence-corrected chi connectivity index (χ1v) is 7.62. The van der Waals surface area contributed by atoms with Gasteiger partial charge in [0.1, 0.15) is 11.7 Å². The first-order chi connectivity index (χ1) is 9.21. The summed E-state index contributed by atoms with van der Waals surface area (Å²) >= 11 is 0. The summed E-state index contributed by atoms with van der Waals surface area (Å²) in [6.07, 6.45) is -0.0724. The summed E-state index contributed by atoms with van der Waals surface area (Å²) < 4.78 is 44.4. The maximum absolute atomic E-state index is 13.7. The van der Waals surface area contributed by atoms with Crippen LogP contribution in [0.2, 0.25) is 0 Å². The van der Waals surface area contributed by atoms with Gasteiger partial charge in [-0.2, -0.15) is 0 Å². The number of anilines is 1. The average Bonchev–Trinajstić information content (AvgIpc) is 2.30. The normalized spacial score (nSPS) is 11.6. The maximum atomic E-state index is 13.7. The SMILES string of the molecule is CC(C)OCCS(=O)(=O)Nc1ccc(C(=N)N)cc1F. The molecule has 0 heterocycles. The number of nitrogens with one attached hydrogen (secondary N) is 2. The molecule has 1 rings (SSSR count). The lowest BCUT2D eigenvalue weighted by Crippen LogP contribution is -2.22. The Labute approximate surface area is 117 Å². The molecule has 0 unspecified atom stereocenters. The molecule has 0 bridgehead atoms. The molecule has 0 spiro atoms. The van der Waals surface area contributed by atoms with Crippen LogP contribution in [-0.4, -0.2) is 32.7 Å². The molecule has 1 aromatic carbocycles. The molecule has 20 heavy (non-hydrogen) atoms. The minimum atomic E-state index is -3.69. The zero-order chi connectivity index (χ0) is 15.3. The van der Waals surface area contributed by atoms with E-state index < -0.39 is 15.8 Å². The number of hydrogen-bond acceptors (Lipinski definition) is 4. The van der Waals surface area contributed by atoms with Crippen LogP contribution < -0.4 is 10.5 Å². The third-order valence-electron chi connectivity index (χ3n) is 2.35. The quantitative estimate of drug-likeness (QED) is 0.521. The molecular formula is C12H18FN3O3S. The predicted octanol–water partition coefficient (Wildman–Crippen LogP) is 1.28. The number of ether oxygens (including phenoxy) is 1. The highest BCUT2D eigenvalue weighted by molar-refractivity contribution is 7.92. The third-order valence-corrected chi connectivity index (χ3v) is 3.58. The van der Waals surface area contributed by atoms with Gasteiger partial charge >= 0.3 is 0 Å². The minimum absolute atomic E-state index is 0.0279. The standard InChI is InChI=1S/C12H18FN3O3S/c1-8(2)19-5-6-20(17,18)16-11-4-3-9(12(14)15)7-10(11)13/h3-4,7-8,16H,5-6H2,1-2H3,(H3,14,15). The molecule has 0 saturated heterocycles. The molecule has 4 N–H and O–H groups in total. The minimum Gasteiger partial charge on any atom is -0.384 e. The van der Waals surface area contributed by atoms with E-state index in [0.717, 1.165) is 6.07 Å². The largest absolute Gasteiger partial charge is 0.384 e. The molecule has 0 saturated carbocycles. The van der Waals surface area contributed by atoms with E-state index in [-0.39, 0.29) is 35.6 Å². The second kappa shape index (κ2) is 6.67. The van der Waals surface area contributed by atoms with Crippen molar-refractivity contribution >= 4 is 21.5 Å². The van der Waals surface area contributed by atoms with Crippen molar-refractivity contribution in [1.29, 1.82) is 5.41 Å². The first-order valence-electron chi connectivity index (χ1n) is 5.97. The number of nitrogen functional groups attached to an aromatic ring is 1. The summed E-state index contributed by atoms with van der Waals surface area (Å²) in [7, 11) is -3.69. The molecular weight excluding hydrogens is 285 g/mol. The van der Waals surface area contributed by atoms with Gasteiger partial charge in [-0.05, 0) is 32.0 Å². The second-order valence-corrected chi connectivity index (χ2v) is 6.29. The molecule has 0 aliphatic heterocycles. The van der Waals surface area contributed by atoms with Crippen LogP contribution in [0, 0.1) is 11.2 Å². The Kier molecular flexibility index (Phi) is 5.46. The number of hydrogen-bond donors (Lipinski definition) is 3. The van der Waals surface area contributed by atoms with Crippen LogP contribution in [0.5, 0.6) is 0 Å². The fourth-order valence-electron chi connectivity index (χ4n) is 1.38. The van der Waals surface area contributed by atoms with Crippen LogP contribution in [0.1, 0.15) is 19.4 Å². The Bertz CT molecular complexity index is 588. The Morgan fingerprint density at radius 1 is 1.50 bits per heavy atom. The van der Waals surface area contributed by atoms with Crippen molar-refractivity contribution in [3.05, 3.63) is 29.6 Å². The van der Waals surface area contributed by atoms with E-state index in [4.69, 9.17) is 15.9 Å². The highest BCUT2D eigenvalue weighted by Crippen LogP contribution is 2.17. The molecule has 112 valence electrons. The van der Waals surface area contributed by atoms with Gasteiger partial charge in [-0.3, -0.25) is 10.1 Å². The van der Waals surface area contributed by atoms with E-state index in [9.17, 15) is 12.8 Å². The lowest BCUT2D eigenvalue weighted by Gasteiger charge is -2.11. The van der Waals surface area contributed by atoms with Crippen molar-refractivity contribution in [3.63, 3.8) is 0 Å². The summed E-state index contributed by atoms with van der Waals surface area (Å²) in [5.74, 6) is -1.34. The van der Waals surface area contributed by atoms with Crippen LogP contribution >= 0.6 is 0 Å². The summed E-state index contributed by atoms with van der Waals surface area (Å²) in [6.45, 7) is 3.61. The van der Waals surface area contributed by atoms with E-state index in [1.165, 1.54) is 12.1 Å². The van der Waals surface area contributed by atoms with E-state index in [1.54, 1.807) is 13.8 Å². The smallest absolute Gasteiger partial charge is 0.235 e. The van der Waals surface area contributed by atoms with Gasteiger partial charge in [0.25, 0.3) is 0 Å². The average molecular weight is 303 g/mol. The number of sulfonamides is 1. The lowest BCUT2D eigenvalue weighted by molar-refractivity contribution is 0.0913. The van der Waals surface area contributed by atoms with Gasteiger partial charge in [-0.15, -0.1) is 0 Å². The summed E-state index contributed by atoms with van der Waals surface area (Å²) in [5, 5.41) is 7.17. The molecule has 0 fully saturated rings. The van der Waals surface area contributed by atoms with Crippen molar-refractivity contribution in [1.82, 2.24) is 0 Å². The predicted molar refractivity (Wildman–Crippen MR) is 75.9 cm³/mol. The fraction of sp³-hybridized carbons (Fsp3) is 0.417. The molecule has 1 aromatic rings. The van der Waals surface area contributed by atoms with Gasteiger partial charge in [0.15, 0.2) is 0 Å². The van der Waals surface area contributed by atoms with Gasteiger partial charge in [0.05, 0.1) is 24.2 Å². The molecule has 0 aliphatic rings. The highest BCUT2D eigenvalue weighted by atomic mass is 32.2. The van der Waals surface area contributed by atoms with E-state index >= 15 is 0 Å². The molecule has 6 nitrogen and oxygen atoms in total. The Morgan fingerprint density at radius 3 is 2.65 bits per heavy atom. The van der Waals surface area contributed by atoms with Gasteiger partial charge in [-0.1, -0.05) is 0 Å². The number of amidine groups is 1. The van der Waals surface area contributed by atoms with Crippen molar-refractivity contribution in [3.8, 4) is 0 Å². The van der Waals surface area contributed by atoms with E-state index in [0.29, 0.717) is 0 Å². The zero-order valence-electron chi connectivity index (χ0n) is 11.3. The topological polar surface area (TPSA) is 105 Å². The first kappa shape index (κ1) is 16.4. The Balaban J connectivity index is 2.75. The van der Waals surface area contributed by atoms with Gasteiger partial charge in [-0.25, -0.2) is 12.8 Å². The van der Waals surface area contributed by atoms with E-state index in [2.05, 4.69) is 4.72 Å². The summed E-state index contributed by atoms with van der Waals surface area (Å²) in [5.41, 5.74) is 5.22. The molecule has 0 aromatic heterocycles. The number of benzene rings is 1. The lowest BCUT2D eigenvalue weighted by atomic mass is 10.2. The van der Waals surface area contributed by atoms with Crippen LogP contribution in [0.3, 0.4) is 0 Å². The summed E-state index contributed by atoms with van der Waals surface area (Å²) in [4.78, 5) is 0. The summed E-state index contributed by atoms with van der Waals surface area (Å²) in [6, 6.07) is 3.60. The molecule has 0 atom stereocenters.